The molecule has 4 rings (SSSR count). The number of ketones is 1. The van der Waals surface area contributed by atoms with Gasteiger partial charge in [-0.05, 0) is 66.6 Å². The largest absolute Gasteiger partial charge is 0.407 e. The normalized spacial score (nSPS) is 17.1. The molecule has 2 unspecified atom stereocenters. The van der Waals surface area contributed by atoms with Crippen molar-refractivity contribution in [2.75, 3.05) is 26.4 Å². The molecule has 0 aromatic heterocycles. The van der Waals surface area contributed by atoms with Crippen LogP contribution in [0.5, 0.6) is 0 Å². The van der Waals surface area contributed by atoms with Gasteiger partial charge in [-0.1, -0.05) is 106 Å². The smallest absolute Gasteiger partial charge is 0.297 e. The SMILES string of the molecule is Cc1ccc(S(=O)(=O)OCC2(CCC(=O)C(C)(O)CCCC(C)CO[Si](c3ccccc3)(c3ccccc3)C(C)(C)C)OCCO2)cc1. The van der Waals surface area contributed by atoms with Crippen molar-refractivity contribution in [2.24, 2.45) is 5.92 Å². The van der Waals surface area contributed by atoms with Crippen LogP contribution in [0.2, 0.25) is 5.04 Å². The number of hydrogen-bond acceptors (Lipinski definition) is 8. The molecule has 1 saturated heterocycles. The lowest BCUT2D eigenvalue weighted by Gasteiger charge is -2.43. The van der Waals surface area contributed by atoms with Crippen molar-refractivity contribution in [3.63, 3.8) is 0 Å². The summed E-state index contributed by atoms with van der Waals surface area (Å²) in [6.45, 7) is 13.0. The third kappa shape index (κ3) is 9.29. The van der Waals surface area contributed by atoms with E-state index in [0.29, 0.717) is 19.4 Å². The van der Waals surface area contributed by atoms with Crippen LogP contribution in [-0.4, -0.2) is 65.4 Å². The average Bonchev–Trinajstić information content (AvgIpc) is 3.53. The molecule has 0 spiro atoms. The summed E-state index contributed by atoms with van der Waals surface area (Å²) in [6, 6.07) is 27.4. The Bertz CT molecular complexity index is 1520. The fraction of sp³-hybridized carbons (Fsp3) is 0.500. The molecule has 48 heavy (non-hydrogen) atoms. The Morgan fingerprint density at radius 1 is 0.917 bits per heavy atom. The Hall–Kier alpha value is -2.70. The van der Waals surface area contributed by atoms with Crippen molar-refractivity contribution in [1.29, 1.82) is 0 Å². The minimum absolute atomic E-state index is 0.0338. The predicted molar refractivity (Wildman–Crippen MR) is 190 cm³/mol. The zero-order valence-electron chi connectivity index (χ0n) is 29.2. The molecule has 0 bridgehead atoms. The average molecular weight is 697 g/mol. The summed E-state index contributed by atoms with van der Waals surface area (Å²) in [7, 11) is -6.70. The van der Waals surface area contributed by atoms with E-state index in [9.17, 15) is 18.3 Å². The van der Waals surface area contributed by atoms with E-state index in [1.807, 2.05) is 19.1 Å². The van der Waals surface area contributed by atoms with Gasteiger partial charge >= 0.3 is 0 Å². The molecule has 0 amide bonds. The highest BCUT2D eigenvalue weighted by Crippen LogP contribution is 2.37. The quantitative estimate of drug-likeness (QED) is 0.137. The molecule has 10 heteroatoms. The second-order valence-electron chi connectivity index (χ2n) is 14.3. The van der Waals surface area contributed by atoms with Gasteiger partial charge in [0.15, 0.2) is 11.6 Å². The summed E-state index contributed by atoms with van der Waals surface area (Å²) >= 11 is 0. The first-order valence-corrected chi connectivity index (χ1v) is 20.2. The van der Waals surface area contributed by atoms with Gasteiger partial charge in [0.1, 0.15) is 12.2 Å². The van der Waals surface area contributed by atoms with Crippen LogP contribution in [0, 0.1) is 12.8 Å². The first-order valence-electron chi connectivity index (χ1n) is 16.8. The number of hydrogen-bond donors (Lipinski definition) is 1. The van der Waals surface area contributed by atoms with Gasteiger partial charge in [-0.15, -0.1) is 0 Å². The molecule has 1 fully saturated rings. The molecule has 3 aromatic rings. The Morgan fingerprint density at radius 3 is 1.98 bits per heavy atom. The molecular weight excluding hydrogens is 645 g/mol. The number of rotatable bonds is 17. The van der Waals surface area contributed by atoms with E-state index >= 15 is 0 Å². The number of carbonyl (C=O) groups excluding carboxylic acids is 1. The second-order valence-corrected chi connectivity index (χ2v) is 20.2. The highest BCUT2D eigenvalue weighted by atomic mass is 32.2. The van der Waals surface area contributed by atoms with Crippen LogP contribution in [-0.2, 0) is 33.0 Å². The van der Waals surface area contributed by atoms with E-state index in [2.05, 4.69) is 76.2 Å². The van der Waals surface area contributed by atoms with Crippen molar-refractivity contribution in [2.45, 2.75) is 95.0 Å². The summed E-state index contributed by atoms with van der Waals surface area (Å²) in [5.41, 5.74) is -0.621. The molecule has 1 aliphatic rings. The molecule has 1 N–H and O–H groups in total. The number of aliphatic hydroxyl groups is 1. The summed E-state index contributed by atoms with van der Waals surface area (Å²) in [6.07, 6.45) is 1.73. The van der Waals surface area contributed by atoms with Gasteiger partial charge < -0.3 is 19.0 Å². The zero-order chi connectivity index (χ0) is 35.1. The highest BCUT2D eigenvalue weighted by molar-refractivity contribution is 7.86. The van der Waals surface area contributed by atoms with E-state index in [4.69, 9.17) is 18.1 Å². The fourth-order valence-electron chi connectivity index (χ4n) is 6.36. The maximum absolute atomic E-state index is 13.2. The highest BCUT2D eigenvalue weighted by Gasteiger charge is 2.50. The van der Waals surface area contributed by atoms with Gasteiger partial charge in [0.25, 0.3) is 18.4 Å². The Labute approximate surface area is 288 Å². The third-order valence-corrected chi connectivity index (χ3v) is 15.5. The van der Waals surface area contributed by atoms with E-state index in [1.165, 1.54) is 22.5 Å². The van der Waals surface area contributed by atoms with Crippen molar-refractivity contribution in [1.82, 2.24) is 0 Å². The van der Waals surface area contributed by atoms with Crippen LogP contribution >= 0.6 is 0 Å². The van der Waals surface area contributed by atoms with Gasteiger partial charge in [-0.2, -0.15) is 8.42 Å². The molecule has 8 nitrogen and oxygen atoms in total. The topological polar surface area (TPSA) is 108 Å². The van der Waals surface area contributed by atoms with Crippen LogP contribution in [0.4, 0.5) is 0 Å². The molecule has 0 radical (unpaired) electrons. The Balaban J connectivity index is 1.32. The van der Waals surface area contributed by atoms with Gasteiger partial charge in [0, 0.05) is 19.4 Å². The van der Waals surface area contributed by atoms with Crippen molar-refractivity contribution >= 4 is 34.6 Å². The van der Waals surface area contributed by atoms with E-state index < -0.39 is 29.8 Å². The first-order chi connectivity index (χ1) is 22.6. The van der Waals surface area contributed by atoms with E-state index in [1.54, 1.807) is 19.1 Å². The molecular formula is C38H52O8SSi. The van der Waals surface area contributed by atoms with Gasteiger partial charge in [0.2, 0.25) is 0 Å². The van der Waals surface area contributed by atoms with Gasteiger partial charge in [-0.25, -0.2) is 0 Å². The number of carbonyl (C=O) groups is 1. The van der Waals surface area contributed by atoms with Gasteiger partial charge in [-0.3, -0.25) is 8.98 Å². The Morgan fingerprint density at radius 2 is 1.46 bits per heavy atom. The lowest BCUT2D eigenvalue weighted by Crippen LogP contribution is -2.66. The van der Waals surface area contributed by atoms with Gasteiger partial charge in [0.05, 0.1) is 18.1 Å². The van der Waals surface area contributed by atoms with Crippen molar-refractivity contribution in [3.05, 3.63) is 90.5 Å². The van der Waals surface area contributed by atoms with Crippen LogP contribution in [0.25, 0.3) is 0 Å². The molecule has 262 valence electrons. The van der Waals surface area contributed by atoms with Crippen LogP contribution < -0.4 is 10.4 Å². The van der Waals surface area contributed by atoms with E-state index in [0.717, 1.165) is 12.0 Å². The fourth-order valence-corrected chi connectivity index (χ4v) is 12.0. The second kappa shape index (κ2) is 15.9. The predicted octanol–water partition coefficient (Wildman–Crippen LogP) is 5.93. The lowest BCUT2D eigenvalue weighted by molar-refractivity contribution is -0.184. The molecule has 1 aliphatic heterocycles. The minimum Gasteiger partial charge on any atom is -0.407 e. The summed E-state index contributed by atoms with van der Waals surface area (Å²) in [5.74, 6) is -1.52. The lowest BCUT2D eigenvalue weighted by atomic mass is 9.89. The summed E-state index contributed by atoms with van der Waals surface area (Å²) in [4.78, 5) is 13.3. The number of aryl methyl sites for hydroxylation is 1. The standard InChI is InChI=1S/C38H52O8SSi/c1-30-19-21-32(22-20-30)47(41,42)45-29-38(43-26-27-44-38)25-23-35(39)37(6,40)24-13-14-31(2)28-46-48(36(3,4)5,33-15-9-7-10-16-33)34-17-11-8-12-18-34/h7-12,15-22,31,40H,13-14,23-29H2,1-6H3. The maximum Gasteiger partial charge on any atom is 0.297 e. The number of benzene rings is 3. The number of Topliss-reactive ketones (excluding diaryl/α,β-unsaturated/α-hetero) is 1. The Kier molecular flexibility index (Phi) is 12.6. The maximum atomic E-state index is 13.2. The molecule has 3 aromatic carbocycles. The number of ether oxygens (including phenoxy) is 2. The molecule has 0 aliphatic carbocycles. The third-order valence-electron chi connectivity index (χ3n) is 9.25. The minimum atomic E-state index is -4.05. The first kappa shape index (κ1) is 38.1. The van der Waals surface area contributed by atoms with Crippen molar-refractivity contribution in [3.8, 4) is 0 Å². The summed E-state index contributed by atoms with van der Waals surface area (Å²) < 4.78 is 49.4. The van der Waals surface area contributed by atoms with E-state index in [-0.39, 0.29) is 54.3 Å². The van der Waals surface area contributed by atoms with Crippen molar-refractivity contribution < 1.29 is 36.4 Å². The monoisotopic (exact) mass is 696 g/mol. The van der Waals surface area contributed by atoms with Crippen LogP contribution in [0.1, 0.15) is 72.3 Å². The van der Waals surface area contributed by atoms with Crippen LogP contribution in [0.15, 0.2) is 89.8 Å². The zero-order valence-corrected chi connectivity index (χ0v) is 31.1. The molecule has 0 saturated carbocycles. The molecule has 2 atom stereocenters. The molecule has 1 heterocycles. The van der Waals surface area contributed by atoms with Crippen LogP contribution in [0.3, 0.4) is 0 Å². The summed E-state index contributed by atoms with van der Waals surface area (Å²) in [5, 5.41) is 13.5.